The van der Waals surface area contributed by atoms with Gasteiger partial charge in [0.2, 0.25) is 0 Å². The highest BCUT2D eigenvalue weighted by atomic mass is 127. The molecule has 0 amide bonds. The van der Waals surface area contributed by atoms with Crippen LogP contribution in [0.25, 0.3) is 0 Å². The van der Waals surface area contributed by atoms with Crippen LogP contribution in [-0.2, 0) is 13.6 Å². The van der Waals surface area contributed by atoms with Crippen molar-refractivity contribution in [3.63, 3.8) is 0 Å². The predicted molar refractivity (Wildman–Crippen MR) is 122 cm³/mol. The van der Waals surface area contributed by atoms with Gasteiger partial charge in [0.15, 0.2) is 5.96 Å². The molecule has 2 heterocycles. The van der Waals surface area contributed by atoms with Crippen LogP contribution in [0.1, 0.15) is 18.4 Å². The van der Waals surface area contributed by atoms with E-state index in [2.05, 4.69) is 25.6 Å². The maximum atomic E-state index is 10.0. The predicted octanol–water partition coefficient (Wildman–Crippen LogP) is 2.09. The number of aromatic nitrogens is 2. The lowest BCUT2D eigenvalue weighted by Crippen LogP contribution is -2.51. The van der Waals surface area contributed by atoms with Crippen LogP contribution < -0.4 is 20.3 Å². The van der Waals surface area contributed by atoms with Crippen molar-refractivity contribution < 1.29 is 9.84 Å². The lowest BCUT2D eigenvalue weighted by atomic mass is 10.1. The van der Waals surface area contributed by atoms with Crippen LogP contribution in [0.3, 0.4) is 0 Å². The monoisotopic (exact) mass is 500 g/mol. The van der Waals surface area contributed by atoms with Crippen molar-refractivity contribution in [2.45, 2.75) is 25.4 Å². The Kier molecular flexibility index (Phi) is 8.21. The molecular weight excluding hydrogens is 471 g/mol. The van der Waals surface area contributed by atoms with Crippen LogP contribution in [0.4, 0.5) is 5.69 Å². The third kappa shape index (κ3) is 5.66. The van der Waals surface area contributed by atoms with E-state index in [9.17, 15) is 5.11 Å². The number of aliphatic imine (C=N–C) groups is 1. The maximum absolute atomic E-state index is 10.0. The van der Waals surface area contributed by atoms with Gasteiger partial charge in [-0.1, -0.05) is 0 Å². The molecule has 1 unspecified atom stereocenters. The molecule has 0 saturated carbocycles. The fourth-order valence-corrected chi connectivity index (χ4v) is 3.30. The highest BCUT2D eigenvalue weighted by molar-refractivity contribution is 14.0. The Bertz CT molecular complexity index is 794. The van der Waals surface area contributed by atoms with Crippen LogP contribution in [0.2, 0.25) is 0 Å². The Morgan fingerprint density at radius 2 is 2.25 bits per heavy atom. The van der Waals surface area contributed by atoms with E-state index in [4.69, 9.17) is 4.74 Å². The van der Waals surface area contributed by atoms with Gasteiger partial charge in [0, 0.05) is 51.5 Å². The van der Waals surface area contributed by atoms with Crippen molar-refractivity contribution >= 4 is 35.6 Å². The molecule has 1 aliphatic rings. The number of piperidine rings is 1. The molecule has 0 aliphatic carbocycles. The Labute approximate surface area is 183 Å². The van der Waals surface area contributed by atoms with Crippen molar-refractivity contribution in [3.8, 4) is 11.5 Å². The SMILES string of the molecule is CN=C(NCc1cc(OC)ccc1O)NC1CCCN(c2cnn(C)c2)C1.I. The summed E-state index contributed by atoms with van der Waals surface area (Å²) in [4.78, 5) is 6.66. The summed E-state index contributed by atoms with van der Waals surface area (Å²) >= 11 is 0. The third-order valence-corrected chi connectivity index (χ3v) is 4.78. The number of phenolic OH excluding ortho intramolecular Hbond substituents is 1. The Balaban J connectivity index is 0.00000280. The largest absolute Gasteiger partial charge is 0.508 e. The van der Waals surface area contributed by atoms with E-state index in [0.717, 1.165) is 43.1 Å². The minimum absolute atomic E-state index is 0. The first-order chi connectivity index (χ1) is 13.1. The van der Waals surface area contributed by atoms with Crippen molar-refractivity contribution in [2.75, 3.05) is 32.1 Å². The zero-order valence-corrected chi connectivity index (χ0v) is 18.9. The molecule has 9 heteroatoms. The number of hydrogen-bond donors (Lipinski definition) is 3. The molecule has 1 atom stereocenters. The van der Waals surface area contributed by atoms with Gasteiger partial charge in [0.25, 0.3) is 0 Å². The maximum Gasteiger partial charge on any atom is 0.191 e. The molecule has 8 nitrogen and oxygen atoms in total. The molecule has 1 fully saturated rings. The van der Waals surface area contributed by atoms with Crippen LogP contribution in [-0.4, -0.2) is 54.1 Å². The number of rotatable bonds is 5. The number of methoxy groups -OCH3 is 1. The van der Waals surface area contributed by atoms with E-state index in [1.54, 1.807) is 26.3 Å². The van der Waals surface area contributed by atoms with E-state index >= 15 is 0 Å². The van der Waals surface area contributed by atoms with Crippen LogP contribution >= 0.6 is 24.0 Å². The summed E-state index contributed by atoms with van der Waals surface area (Å²) in [6, 6.07) is 5.49. The summed E-state index contributed by atoms with van der Waals surface area (Å²) in [6.45, 7) is 2.39. The lowest BCUT2D eigenvalue weighted by molar-refractivity contribution is 0.410. The molecule has 28 heavy (non-hydrogen) atoms. The summed E-state index contributed by atoms with van der Waals surface area (Å²) in [5.74, 6) is 1.67. The van der Waals surface area contributed by atoms with Crippen molar-refractivity contribution in [3.05, 3.63) is 36.2 Å². The highest BCUT2D eigenvalue weighted by Gasteiger charge is 2.21. The van der Waals surface area contributed by atoms with Gasteiger partial charge >= 0.3 is 0 Å². The van der Waals surface area contributed by atoms with Gasteiger partial charge in [-0.15, -0.1) is 24.0 Å². The number of hydrogen-bond acceptors (Lipinski definition) is 5. The molecule has 3 rings (SSSR count). The molecule has 1 aromatic carbocycles. The Morgan fingerprint density at radius 3 is 2.93 bits per heavy atom. The van der Waals surface area contributed by atoms with Crippen molar-refractivity contribution in [2.24, 2.45) is 12.0 Å². The van der Waals surface area contributed by atoms with Crippen LogP contribution in [0, 0.1) is 0 Å². The smallest absolute Gasteiger partial charge is 0.191 e. The minimum atomic E-state index is 0. The van der Waals surface area contributed by atoms with Gasteiger partial charge in [-0.25, -0.2) is 0 Å². The Hall–Kier alpha value is -2.17. The van der Waals surface area contributed by atoms with E-state index in [1.807, 2.05) is 30.2 Å². The number of nitrogens with zero attached hydrogens (tertiary/aromatic N) is 4. The molecule has 0 bridgehead atoms. The number of aromatic hydroxyl groups is 1. The average molecular weight is 500 g/mol. The normalized spacial score (nSPS) is 17.0. The zero-order valence-electron chi connectivity index (χ0n) is 16.6. The van der Waals surface area contributed by atoms with Gasteiger partial charge in [-0.05, 0) is 31.0 Å². The molecule has 0 radical (unpaired) electrons. The number of nitrogens with one attached hydrogen (secondary N) is 2. The molecule has 1 aliphatic heterocycles. The second-order valence-electron chi connectivity index (χ2n) is 6.72. The number of phenols is 1. The molecule has 1 aromatic heterocycles. The fourth-order valence-electron chi connectivity index (χ4n) is 3.30. The Morgan fingerprint density at radius 1 is 1.43 bits per heavy atom. The number of anilines is 1. The number of benzene rings is 1. The van der Waals surface area contributed by atoms with Crippen molar-refractivity contribution in [1.82, 2.24) is 20.4 Å². The summed E-state index contributed by atoms with van der Waals surface area (Å²) in [5.41, 5.74) is 1.91. The van der Waals surface area contributed by atoms with E-state index in [1.165, 1.54) is 0 Å². The second kappa shape index (κ2) is 10.4. The summed E-state index contributed by atoms with van der Waals surface area (Å²) < 4.78 is 7.05. The fraction of sp³-hybridized carbons (Fsp3) is 0.474. The summed E-state index contributed by atoms with van der Waals surface area (Å²) in [5, 5.41) is 21.1. The average Bonchev–Trinajstić information content (AvgIpc) is 3.13. The molecule has 0 spiro atoms. The highest BCUT2D eigenvalue weighted by Crippen LogP contribution is 2.22. The summed E-state index contributed by atoms with van der Waals surface area (Å²) in [7, 11) is 5.30. The number of guanidine groups is 1. The molecule has 2 aromatic rings. The van der Waals surface area contributed by atoms with E-state index in [0.29, 0.717) is 18.3 Å². The third-order valence-electron chi connectivity index (χ3n) is 4.78. The first kappa shape index (κ1) is 22.1. The van der Waals surface area contributed by atoms with Crippen molar-refractivity contribution in [1.29, 1.82) is 0 Å². The number of aryl methyl sites for hydroxylation is 1. The lowest BCUT2D eigenvalue weighted by Gasteiger charge is -2.34. The molecular formula is C19H29IN6O2. The topological polar surface area (TPSA) is 86.9 Å². The standard InChI is InChI=1S/C19H28N6O2.HI/c1-20-19(21-10-14-9-17(27-3)6-7-18(14)26)23-15-5-4-8-25(12-15)16-11-22-24(2)13-16;/h6-7,9,11,13,15,26H,4-5,8,10,12H2,1-3H3,(H2,20,21,23);1H. The van der Waals surface area contributed by atoms with Crippen LogP contribution in [0.15, 0.2) is 35.6 Å². The summed E-state index contributed by atoms with van der Waals surface area (Å²) in [6.07, 6.45) is 6.14. The molecule has 3 N–H and O–H groups in total. The van der Waals surface area contributed by atoms with Gasteiger partial charge < -0.3 is 25.4 Å². The van der Waals surface area contributed by atoms with Gasteiger partial charge in [0.1, 0.15) is 11.5 Å². The van der Waals surface area contributed by atoms with Gasteiger partial charge in [-0.2, -0.15) is 5.10 Å². The van der Waals surface area contributed by atoms with Gasteiger partial charge in [0.05, 0.1) is 19.0 Å². The minimum Gasteiger partial charge on any atom is -0.508 e. The molecule has 154 valence electrons. The number of halogens is 1. The second-order valence-corrected chi connectivity index (χ2v) is 6.72. The first-order valence-electron chi connectivity index (χ1n) is 9.15. The van der Waals surface area contributed by atoms with Crippen LogP contribution in [0.5, 0.6) is 11.5 Å². The van der Waals surface area contributed by atoms with E-state index < -0.39 is 0 Å². The van der Waals surface area contributed by atoms with Gasteiger partial charge in [-0.3, -0.25) is 9.67 Å². The zero-order chi connectivity index (χ0) is 19.2. The first-order valence-corrected chi connectivity index (χ1v) is 9.15. The molecule has 1 saturated heterocycles. The quantitative estimate of drug-likeness (QED) is 0.331. The van der Waals surface area contributed by atoms with E-state index in [-0.39, 0.29) is 29.7 Å². The number of ether oxygens (including phenoxy) is 1.